The van der Waals surface area contributed by atoms with E-state index in [0.717, 1.165) is 25.4 Å². The Morgan fingerprint density at radius 1 is 1.57 bits per heavy atom. The van der Waals surface area contributed by atoms with E-state index in [1.807, 2.05) is 6.20 Å². The van der Waals surface area contributed by atoms with E-state index in [9.17, 15) is 0 Å². The fraction of sp³-hybridized carbons (Fsp3) is 0.727. The van der Waals surface area contributed by atoms with Crippen LogP contribution in [0.15, 0.2) is 12.5 Å². The van der Waals surface area contributed by atoms with E-state index in [0.29, 0.717) is 0 Å². The van der Waals surface area contributed by atoms with Crippen LogP contribution in [0.3, 0.4) is 0 Å². The molecule has 0 saturated heterocycles. The predicted molar refractivity (Wildman–Crippen MR) is 59.2 cm³/mol. The van der Waals surface area contributed by atoms with Crippen LogP contribution in [0.25, 0.3) is 0 Å². The van der Waals surface area contributed by atoms with Gasteiger partial charge in [0.1, 0.15) is 0 Å². The van der Waals surface area contributed by atoms with Crippen molar-refractivity contribution in [2.45, 2.75) is 33.1 Å². The number of aromatic nitrogens is 2. The highest BCUT2D eigenvalue weighted by molar-refractivity contribution is 4.94. The summed E-state index contributed by atoms with van der Waals surface area (Å²) in [5.41, 5.74) is 1.21. The van der Waals surface area contributed by atoms with Gasteiger partial charge in [0.05, 0.1) is 6.33 Å². The largest absolute Gasteiger partial charge is 0.348 e. The van der Waals surface area contributed by atoms with Gasteiger partial charge < -0.3 is 10.3 Å². The van der Waals surface area contributed by atoms with Gasteiger partial charge in [-0.1, -0.05) is 20.3 Å². The summed E-state index contributed by atoms with van der Waals surface area (Å²) < 4.78 is 0. The molecule has 14 heavy (non-hydrogen) atoms. The van der Waals surface area contributed by atoms with Crippen molar-refractivity contribution in [3.05, 3.63) is 18.2 Å². The maximum atomic E-state index is 3.98. The van der Waals surface area contributed by atoms with Crippen LogP contribution < -0.4 is 5.32 Å². The molecular weight excluding hydrogens is 174 g/mol. The van der Waals surface area contributed by atoms with E-state index >= 15 is 0 Å². The number of rotatable bonds is 7. The number of imidazole rings is 1. The lowest BCUT2D eigenvalue weighted by Crippen LogP contribution is -2.23. The molecule has 1 atom stereocenters. The van der Waals surface area contributed by atoms with Crippen LogP contribution in [-0.4, -0.2) is 23.1 Å². The van der Waals surface area contributed by atoms with Crippen LogP contribution in [0.2, 0.25) is 0 Å². The maximum Gasteiger partial charge on any atom is 0.0921 e. The zero-order valence-corrected chi connectivity index (χ0v) is 9.21. The molecule has 3 heteroatoms. The SMILES string of the molecule is CCCC(C)CNCCc1cnc[nH]1. The molecule has 2 N–H and O–H groups in total. The van der Waals surface area contributed by atoms with Gasteiger partial charge in [0.15, 0.2) is 0 Å². The van der Waals surface area contributed by atoms with Gasteiger partial charge in [-0.25, -0.2) is 4.98 Å². The van der Waals surface area contributed by atoms with E-state index in [2.05, 4.69) is 29.1 Å². The monoisotopic (exact) mass is 195 g/mol. The molecule has 1 unspecified atom stereocenters. The molecule has 0 spiro atoms. The van der Waals surface area contributed by atoms with Gasteiger partial charge in [-0.3, -0.25) is 0 Å². The Kier molecular flexibility index (Phi) is 5.30. The zero-order valence-electron chi connectivity index (χ0n) is 9.21. The minimum Gasteiger partial charge on any atom is -0.348 e. The number of hydrogen-bond acceptors (Lipinski definition) is 2. The second-order valence-corrected chi connectivity index (χ2v) is 3.92. The first-order valence-corrected chi connectivity index (χ1v) is 5.51. The third kappa shape index (κ3) is 4.42. The third-order valence-corrected chi connectivity index (χ3v) is 2.40. The highest BCUT2D eigenvalue weighted by Gasteiger charge is 1.99. The Bertz CT molecular complexity index is 218. The Morgan fingerprint density at radius 2 is 2.43 bits per heavy atom. The van der Waals surface area contributed by atoms with E-state index in [1.54, 1.807) is 6.33 Å². The molecule has 1 aromatic heterocycles. The highest BCUT2D eigenvalue weighted by Crippen LogP contribution is 2.02. The van der Waals surface area contributed by atoms with Crippen LogP contribution >= 0.6 is 0 Å². The Balaban J connectivity index is 1.99. The van der Waals surface area contributed by atoms with E-state index in [4.69, 9.17) is 0 Å². The summed E-state index contributed by atoms with van der Waals surface area (Å²) in [6.45, 7) is 6.70. The molecule has 0 radical (unpaired) electrons. The summed E-state index contributed by atoms with van der Waals surface area (Å²) in [4.78, 5) is 7.08. The molecule has 0 aliphatic heterocycles. The lowest BCUT2D eigenvalue weighted by atomic mass is 10.1. The molecule has 0 amide bonds. The number of H-pyrrole nitrogens is 1. The standard InChI is InChI=1S/C11H21N3/c1-3-4-10(2)7-12-6-5-11-8-13-9-14-11/h8-10,12H,3-7H2,1-2H3,(H,13,14). The second-order valence-electron chi connectivity index (χ2n) is 3.92. The van der Waals surface area contributed by atoms with Crippen molar-refractivity contribution in [3.8, 4) is 0 Å². The first kappa shape index (κ1) is 11.2. The van der Waals surface area contributed by atoms with Crippen LogP contribution in [0, 0.1) is 5.92 Å². The Morgan fingerprint density at radius 3 is 3.07 bits per heavy atom. The second kappa shape index (κ2) is 6.60. The Hall–Kier alpha value is -0.830. The zero-order chi connectivity index (χ0) is 10.2. The lowest BCUT2D eigenvalue weighted by molar-refractivity contribution is 0.477. The molecule has 1 rings (SSSR count). The van der Waals surface area contributed by atoms with Crippen molar-refractivity contribution in [1.29, 1.82) is 0 Å². The molecule has 3 nitrogen and oxygen atoms in total. The van der Waals surface area contributed by atoms with Gasteiger partial charge in [0, 0.05) is 24.9 Å². The van der Waals surface area contributed by atoms with Crippen LogP contribution in [0.5, 0.6) is 0 Å². The van der Waals surface area contributed by atoms with Gasteiger partial charge in [0.25, 0.3) is 0 Å². The van der Waals surface area contributed by atoms with Crippen LogP contribution in [0.4, 0.5) is 0 Å². The lowest BCUT2D eigenvalue weighted by Gasteiger charge is -2.10. The minimum absolute atomic E-state index is 0.793. The first-order valence-electron chi connectivity index (χ1n) is 5.51. The van der Waals surface area contributed by atoms with Crippen molar-refractivity contribution in [2.75, 3.05) is 13.1 Å². The number of nitrogens with zero attached hydrogens (tertiary/aromatic N) is 1. The average molecular weight is 195 g/mol. The fourth-order valence-corrected chi connectivity index (χ4v) is 1.59. The predicted octanol–water partition coefficient (Wildman–Crippen LogP) is 1.98. The minimum atomic E-state index is 0.793. The number of nitrogens with one attached hydrogen (secondary N) is 2. The summed E-state index contributed by atoms with van der Waals surface area (Å²) in [6, 6.07) is 0. The fourth-order valence-electron chi connectivity index (χ4n) is 1.59. The highest BCUT2D eigenvalue weighted by atomic mass is 14.9. The van der Waals surface area contributed by atoms with Crippen molar-refractivity contribution < 1.29 is 0 Å². The van der Waals surface area contributed by atoms with Gasteiger partial charge in [-0.15, -0.1) is 0 Å². The summed E-state index contributed by atoms with van der Waals surface area (Å²) in [5, 5.41) is 3.46. The summed E-state index contributed by atoms with van der Waals surface area (Å²) >= 11 is 0. The molecule has 0 aromatic carbocycles. The van der Waals surface area contributed by atoms with Crippen LogP contribution in [-0.2, 0) is 6.42 Å². The topological polar surface area (TPSA) is 40.7 Å². The van der Waals surface area contributed by atoms with Gasteiger partial charge >= 0.3 is 0 Å². The van der Waals surface area contributed by atoms with Crippen molar-refractivity contribution >= 4 is 0 Å². The summed E-state index contributed by atoms with van der Waals surface area (Å²) in [6.07, 6.45) is 7.26. The van der Waals surface area contributed by atoms with E-state index in [1.165, 1.54) is 18.5 Å². The van der Waals surface area contributed by atoms with Crippen molar-refractivity contribution in [3.63, 3.8) is 0 Å². The molecule has 0 saturated carbocycles. The Labute approximate surface area is 86.3 Å². The molecule has 80 valence electrons. The quantitative estimate of drug-likeness (QED) is 0.653. The third-order valence-electron chi connectivity index (χ3n) is 2.40. The van der Waals surface area contributed by atoms with Crippen molar-refractivity contribution in [2.24, 2.45) is 5.92 Å². The first-order chi connectivity index (χ1) is 6.83. The molecule has 0 aliphatic carbocycles. The summed E-state index contributed by atoms with van der Waals surface area (Å²) in [7, 11) is 0. The van der Waals surface area contributed by atoms with Crippen LogP contribution in [0.1, 0.15) is 32.4 Å². The smallest absolute Gasteiger partial charge is 0.0921 e. The van der Waals surface area contributed by atoms with E-state index < -0.39 is 0 Å². The van der Waals surface area contributed by atoms with Gasteiger partial charge in [-0.05, 0) is 18.9 Å². The molecule has 0 aliphatic rings. The van der Waals surface area contributed by atoms with Gasteiger partial charge in [0.2, 0.25) is 0 Å². The molecule has 1 heterocycles. The normalized spacial score (nSPS) is 13.0. The maximum absolute atomic E-state index is 3.98. The molecule has 0 fully saturated rings. The van der Waals surface area contributed by atoms with Gasteiger partial charge in [-0.2, -0.15) is 0 Å². The van der Waals surface area contributed by atoms with Crippen molar-refractivity contribution in [1.82, 2.24) is 15.3 Å². The van der Waals surface area contributed by atoms with E-state index in [-0.39, 0.29) is 0 Å². The number of aromatic amines is 1. The molecule has 1 aromatic rings. The molecule has 0 bridgehead atoms. The molecular formula is C11H21N3. The summed E-state index contributed by atoms with van der Waals surface area (Å²) in [5.74, 6) is 0.793. The average Bonchev–Trinajstić information content (AvgIpc) is 2.65. The number of hydrogen-bond donors (Lipinski definition) is 2.